The Bertz CT molecular complexity index is 614. The van der Waals surface area contributed by atoms with Gasteiger partial charge in [-0.25, -0.2) is 8.42 Å². The highest BCUT2D eigenvalue weighted by molar-refractivity contribution is 7.92. The molecule has 0 aromatic heterocycles. The smallest absolute Gasteiger partial charge is 0.238 e. The van der Waals surface area contributed by atoms with Crippen LogP contribution in [0.15, 0.2) is 29.2 Å². The lowest BCUT2D eigenvalue weighted by molar-refractivity contribution is -0.130. The Balaban J connectivity index is 2.02. The molecule has 1 fully saturated rings. The predicted molar refractivity (Wildman–Crippen MR) is 86.7 cm³/mol. The SMILES string of the molecule is CNC[C@@H]1CCCN(C(=O)CS(=O)(=O)c2ccc(Cl)cc2)C1. The van der Waals surface area contributed by atoms with Gasteiger partial charge in [0.15, 0.2) is 9.84 Å². The van der Waals surface area contributed by atoms with Crippen LogP contribution in [0.25, 0.3) is 0 Å². The second-order valence-electron chi connectivity index (χ2n) is 5.62. The van der Waals surface area contributed by atoms with Crippen molar-refractivity contribution in [3.8, 4) is 0 Å². The van der Waals surface area contributed by atoms with E-state index >= 15 is 0 Å². The third-order valence-corrected chi connectivity index (χ3v) is 5.72. The molecule has 0 bridgehead atoms. The second-order valence-corrected chi connectivity index (χ2v) is 8.04. The molecule has 1 aromatic rings. The monoisotopic (exact) mass is 344 g/mol. The van der Waals surface area contributed by atoms with Crippen LogP contribution in [0.2, 0.25) is 5.02 Å². The maximum absolute atomic E-state index is 12.3. The number of rotatable bonds is 5. The molecule has 1 N–H and O–H groups in total. The molecule has 0 aliphatic carbocycles. The third kappa shape index (κ3) is 4.44. The topological polar surface area (TPSA) is 66.5 Å². The molecule has 5 nitrogen and oxygen atoms in total. The highest BCUT2D eigenvalue weighted by atomic mass is 35.5. The fraction of sp³-hybridized carbons (Fsp3) is 0.533. The summed E-state index contributed by atoms with van der Waals surface area (Å²) in [7, 11) is -1.74. The molecular formula is C15H21ClN2O3S. The largest absolute Gasteiger partial charge is 0.341 e. The number of sulfone groups is 1. The number of benzene rings is 1. The lowest BCUT2D eigenvalue weighted by atomic mass is 9.98. The Morgan fingerprint density at radius 1 is 1.36 bits per heavy atom. The molecule has 1 heterocycles. The molecule has 122 valence electrons. The molecule has 7 heteroatoms. The van der Waals surface area contributed by atoms with E-state index in [1.807, 2.05) is 7.05 Å². The molecule has 1 aromatic carbocycles. The van der Waals surface area contributed by atoms with Gasteiger partial charge in [-0.05, 0) is 56.6 Å². The van der Waals surface area contributed by atoms with E-state index < -0.39 is 15.6 Å². The molecule has 1 atom stereocenters. The molecule has 0 spiro atoms. The first-order valence-electron chi connectivity index (χ1n) is 7.33. The van der Waals surface area contributed by atoms with Gasteiger partial charge in [0.1, 0.15) is 5.75 Å². The van der Waals surface area contributed by atoms with Crippen molar-refractivity contribution in [2.24, 2.45) is 5.92 Å². The third-order valence-electron chi connectivity index (χ3n) is 3.85. The molecule has 0 saturated carbocycles. The first-order valence-corrected chi connectivity index (χ1v) is 9.36. The highest BCUT2D eigenvalue weighted by Gasteiger charge is 2.27. The zero-order valence-electron chi connectivity index (χ0n) is 12.6. The van der Waals surface area contributed by atoms with Crippen LogP contribution in [0.1, 0.15) is 12.8 Å². The fourth-order valence-electron chi connectivity index (χ4n) is 2.73. The summed E-state index contributed by atoms with van der Waals surface area (Å²) in [6, 6.07) is 5.90. The molecular weight excluding hydrogens is 324 g/mol. The van der Waals surface area contributed by atoms with E-state index in [4.69, 9.17) is 11.6 Å². The van der Waals surface area contributed by atoms with Gasteiger partial charge in [0.2, 0.25) is 5.91 Å². The van der Waals surface area contributed by atoms with E-state index in [2.05, 4.69) is 5.32 Å². The molecule has 0 unspecified atom stereocenters. The van der Waals surface area contributed by atoms with Crippen LogP contribution in [0.5, 0.6) is 0 Å². The van der Waals surface area contributed by atoms with Crippen LogP contribution >= 0.6 is 11.6 Å². The summed E-state index contributed by atoms with van der Waals surface area (Å²) >= 11 is 5.76. The maximum atomic E-state index is 12.3. The van der Waals surface area contributed by atoms with Crippen LogP contribution in [0.3, 0.4) is 0 Å². The summed E-state index contributed by atoms with van der Waals surface area (Å²) in [5, 5.41) is 3.58. The zero-order chi connectivity index (χ0) is 16.2. The number of nitrogens with one attached hydrogen (secondary N) is 1. The van der Waals surface area contributed by atoms with E-state index in [-0.39, 0.29) is 10.8 Å². The number of likely N-dealkylation sites (tertiary alicyclic amines) is 1. The highest BCUT2D eigenvalue weighted by Crippen LogP contribution is 2.19. The Morgan fingerprint density at radius 3 is 2.68 bits per heavy atom. The molecule has 1 saturated heterocycles. The average Bonchev–Trinajstić information content (AvgIpc) is 2.48. The normalized spacial score (nSPS) is 19.2. The number of nitrogens with zero attached hydrogens (tertiary/aromatic N) is 1. The van der Waals surface area contributed by atoms with Crippen LogP contribution in [0.4, 0.5) is 0 Å². The lowest BCUT2D eigenvalue weighted by Gasteiger charge is -2.32. The Morgan fingerprint density at radius 2 is 2.05 bits per heavy atom. The summed E-state index contributed by atoms with van der Waals surface area (Å²) in [5.74, 6) is -0.419. The predicted octanol–water partition coefficient (Wildman–Crippen LogP) is 1.57. The van der Waals surface area contributed by atoms with E-state index in [0.29, 0.717) is 24.0 Å². The van der Waals surface area contributed by atoms with Crippen molar-refractivity contribution in [1.29, 1.82) is 0 Å². The van der Waals surface area contributed by atoms with E-state index in [9.17, 15) is 13.2 Å². The molecule has 2 rings (SSSR count). The summed E-state index contributed by atoms with van der Waals surface area (Å²) < 4.78 is 24.6. The van der Waals surface area contributed by atoms with E-state index in [1.165, 1.54) is 24.3 Å². The number of amides is 1. The van der Waals surface area contributed by atoms with Crippen molar-refractivity contribution < 1.29 is 13.2 Å². The minimum absolute atomic E-state index is 0.133. The lowest BCUT2D eigenvalue weighted by Crippen LogP contribution is -2.44. The number of halogens is 1. The number of carbonyl (C=O) groups excluding carboxylic acids is 1. The molecule has 0 radical (unpaired) electrons. The number of hydrogen-bond donors (Lipinski definition) is 1. The summed E-state index contributed by atoms with van der Waals surface area (Å²) in [6.45, 7) is 2.10. The average molecular weight is 345 g/mol. The van der Waals surface area contributed by atoms with Crippen molar-refractivity contribution in [1.82, 2.24) is 10.2 Å². The van der Waals surface area contributed by atoms with Gasteiger partial charge >= 0.3 is 0 Å². The Labute approximate surface area is 136 Å². The van der Waals surface area contributed by atoms with Crippen LogP contribution < -0.4 is 5.32 Å². The van der Waals surface area contributed by atoms with Crippen LogP contribution in [-0.2, 0) is 14.6 Å². The minimum atomic E-state index is -3.62. The van der Waals surface area contributed by atoms with Gasteiger partial charge in [0.25, 0.3) is 0 Å². The number of piperidine rings is 1. The van der Waals surface area contributed by atoms with Gasteiger partial charge in [0, 0.05) is 18.1 Å². The van der Waals surface area contributed by atoms with Gasteiger partial charge in [-0.3, -0.25) is 4.79 Å². The Kier molecular flexibility index (Phi) is 5.83. The van der Waals surface area contributed by atoms with Crippen LogP contribution in [-0.4, -0.2) is 51.7 Å². The van der Waals surface area contributed by atoms with Crippen molar-refractivity contribution in [2.45, 2.75) is 17.7 Å². The summed E-state index contributed by atoms with van der Waals surface area (Å²) in [6.07, 6.45) is 1.98. The van der Waals surface area contributed by atoms with Crippen LogP contribution in [0, 0.1) is 5.92 Å². The van der Waals surface area contributed by atoms with Gasteiger partial charge in [0.05, 0.1) is 4.90 Å². The maximum Gasteiger partial charge on any atom is 0.238 e. The van der Waals surface area contributed by atoms with E-state index in [0.717, 1.165) is 19.4 Å². The quantitative estimate of drug-likeness (QED) is 0.880. The standard InChI is InChI=1S/C15H21ClN2O3S/c1-17-9-12-3-2-8-18(10-12)15(19)11-22(20,21)14-6-4-13(16)5-7-14/h4-7,12,17H,2-3,8-11H2,1H3/t12-/m0/s1. The molecule has 22 heavy (non-hydrogen) atoms. The van der Waals surface area contributed by atoms with Gasteiger partial charge in [-0.1, -0.05) is 11.6 Å². The molecule has 1 amide bonds. The minimum Gasteiger partial charge on any atom is -0.341 e. The van der Waals surface area contributed by atoms with Crippen molar-refractivity contribution in [3.05, 3.63) is 29.3 Å². The van der Waals surface area contributed by atoms with Gasteiger partial charge < -0.3 is 10.2 Å². The summed E-state index contributed by atoms with van der Waals surface area (Å²) in [4.78, 5) is 14.1. The molecule has 1 aliphatic rings. The first-order chi connectivity index (χ1) is 10.4. The van der Waals surface area contributed by atoms with E-state index in [1.54, 1.807) is 4.90 Å². The number of carbonyl (C=O) groups is 1. The van der Waals surface area contributed by atoms with Gasteiger partial charge in [-0.2, -0.15) is 0 Å². The van der Waals surface area contributed by atoms with Crippen molar-refractivity contribution >= 4 is 27.3 Å². The Hall–Kier alpha value is -1.11. The number of hydrogen-bond acceptors (Lipinski definition) is 4. The van der Waals surface area contributed by atoms with Gasteiger partial charge in [-0.15, -0.1) is 0 Å². The zero-order valence-corrected chi connectivity index (χ0v) is 14.2. The fourth-order valence-corrected chi connectivity index (χ4v) is 4.08. The first kappa shape index (κ1) is 17.2. The summed E-state index contributed by atoms with van der Waals surface area (Å²) in [5.41, 5.74) is 0. The molecule has 1 aliphatic heterocycles. The van der Waals surface area contributed by atoms with Crippen molar-refractivity contribution in [3.63, 3.8) is 0 Å². The van der Waals surface area contributed by atoms with Crippen molar-refractivity contribution in [2.75, 3.05) is 32.4 Å². The second kappa shape index (κ2) is 7.44.